The average molecular weight is 267 g/mol. The van der Waals surface area contributed by atoms with Gasteiger partial charge in [-0.25, -0.2) is 4.98 Å². The average Bonchev–Trinajstić information content (AvgIpc) is 2.60. The third-order valence-electron chi connectivity index (χ3n) is 2.79. The molecule has 0 saturated carbocycles. The number of imidazole rings is 1. The third kappa shape index (κ3) is 2.41. The molecule has 2 rings (SSSR count). The number of aryl methyl sites for hydroxylation is 1. The molecule has 0 fully saturated rings. The van der Waals surface area contributed by atoms with E-state index in [2.05, 4.69) is 4.98 Å². The van der Waals surface area contributed by atoms with Gasteiger partial charge in [-0.15, -0.1) is 0 Å². The number of fused-ring (bicyclic) bond motifs is 1. The van der Waals surface area contributed by atoms with Crippen molar-refractivity contribution in [3.63, 3.8) is 0 Å². The minimum atomic E-state index is 0.0604. The van der Waals surface area contributed by atoms with Gasteiger partial charge in [0, 0.05) is 32.1 Å². The van der Waals surface area contributed by atoms with Crippen LogP contribution in [0.15, 0.2) is 18.2 Å². The summed E-state index contributed by atoms with van der Waals surface area (Å²) in [6.45, 7) is 0.515. The number of hydrogen-bond acceptors (Lipinski definition) is 3. The maximum absolute atomic E-state index is 11.6. The van der Waals surface area contributed by atoms with Crippen LogP contribution in [0.4, 0.5) is 5.95 Å². The lowest BCUT2D eigenvalue weighted by molar-refractivity contribution is -0.128. The molecular weight excluding hydrogens is 252 g/mol. The van der Waals surface area contributed by atoms with E-state index in [1.165, 1.54) is 0 Å². The molecule has 0 radical (unpaired) electrons. The van der Waals surface area contributed by atoms with Crippen LogP contribution in [0.3, 0.4) is 0 Å². The van der Waals surface area contributed by atoms with Crippen LogP contribution in [0, 0.1) is 0 Å². The van der Waals surface area contributed by atoms with Crippen molar-refractivity contribution in [2.45, 2.75) is 13.0 Å². The number of nitrogen functional groups attached to an aromatic ring is 1. The maximum Gasteiger partial charge on any atom is 0.223 e. The lowest BCUT2D eigenvalue weighted by Crippen LogP contribution is -2.23. The van der Waals surface area contributed by atoms with Crippen molar-refractivity contribution in [3.8, 4) is 0 Å². The highest BCUT2D eigenvalue weighted by atomic mass is 35.5. The van der Waals surface area contributed by atoms with Gasteiger partial charge in [-0.3, -0.25) is 4.79 Å². The molecule has 1 heterocycles. The normalized spacial score (nSPS) is 10.8. The van der Waals surface area contributed by atoms with Crippen LogP contribution >= 0.6 is 11.6 Å². The lowest BCUT2D eigenvalue weighted by atomic mass is 10.3. The van der Waals surface area contributed by atoms with Crippen molar-refractivity contribution in [2.75, 3.05) is 19.8 Å². The van der Waals surface area contributed by atoms with E-state index < -0.39 is 0 Å². The first-order valence-corrected chi connectivity index (χ1v) is 5.98. The molecule has 96 valence electrons. The third-order valence-corrected chi connectivity index (χ3v) is 3.02. The van der Waals surface area contributed by atoms with Gasteiger partial charge >= 0.3 is 0 Å². The summed E-state index contributed by atoms with van der Waals surface area (Å²) in [5.74, 6) is 0.462. The van der Waals surface area contributed by atoms with E-state index in [1.807, 2.05) is 10.6 Å². The summed E-state index contributed by atoms with van der Waals surface area (Å²) in [4.78, 5) is 17.4. The highest BCUT2D eigenvalue weighted by Gasteiger charge is 2.11. The largest absolute Gasteiger partial charge is 0.369 e. The molecule has 6 heteroatoms. The number of anilines is 1. The van der Waals surface area contributed by atoms with E-state index in [-0.39, 0.29) is 5.91 Å². The van der Waals surface area contributed by atoms with Crippen molar-refractivity contribution in [3.05, 3.63) is 23.2 Å². The minimum absolute atomic E-state index is 0.0604. The Balaban J connectivity index is 2.28. The van der Waals surface area contributed by atoms with Crippen LogP contribution in [-0.2, 0) is 11.3 Å². The predicted octanol–water partition coefficient (Wildman–Crippen LogP) is 1.75. The number of carbonyl (C=O) groups excluding carboxylic acids is 1. The van der Waals surface area contributed by atoms with Gasteiger partial charge in [0.2, 0.25) is 11.9 Å². The molecule has 1 aromatic heterocycles. The summed E-state index contributed by atoms with van der Waals surface area (Å²) in [7, 11) is 3.47. The van der Waals surface area contributed by atoms with Gasteiger partial charge in [0.25, 0.3) is 0 Å². The number of nitrogens with two attached hydrogens (primary N) is 1. The van der Waals surface area contributed by atoms with E-state index in [1.54, 1.807) is 31.1 Å². The highest BCUT2D eigenvalue weighted by Crippen LogP contribution is 2.21. The summed E-state index contributed by atoms with van der Waals surface area (Å²) in [6.07, 6.45) is 0.394. The number of halogens is 1. The fraction of sp³-hybridized carbons (Fsp3) is 0.333. The second-order valence-electron chi connectivity index (χ2n) is 4.29. The number of benzene rings is 1. The second-order valence-corrected chi connectivity index (χ2v) is 4.73. The molecule has 5 nitrogen and oxygen atoms in total. The molecule has 0 aliphatic heterocycles. The van der Waals surface area contributed by atoms with E-state index >= 15 is 0 Å². The summed E-state index contributed by atoms with van der Waals surface area (Å²) >= 11 is 5.90. The fourth-order valence-corrected chi connectivity index (χ4v) is 1.95. The molecule has 0 unspecified atom stereocenters. The molecule has 1 aromatic carbocycles. The van der Waals surface area contributed by atoms with Crippen molar-refractivity contribution in [2.24, 2.45) is 0 Å². The van der Waals surface area contributed by atoms with E-state index in [0.717, 1.165) is 11.0 Å². The highest BCUT2D eigenvalue weighted by molar-refractivity contribution is 6.31. The summed E-state index contributed by atoms with van der Waals surface area (Å²) in [5, 5.41) is 0.622. The summed E-state index contributed by atoms with van der Waals surface area (Å²) < 4.78 is 1.83. The van der Waals surface area contributed by atoms with Gasteiger partial charge in [0.1, 0.15) is 0 Å². The number of carbonyl (C=O) groups is 1. The van der Waals surface area contributed by atoms with Crippen LogP contribution in [0.5, 0.6) is 0 Å². The SMILES string of the molecule is CN(C)C(=O)CCn1c(N)nc2cc(Cl)ccc21. The van der Waals surface area contributed by atoms with E-state index in [9.17, 15) is 4.79 Å². The molecule has 0 aliphatic carbocycles. The first-order chi connectivity index (χ1) is 8.49. The van der Waals surface area contributed by atoms with Crippen LogP contribution in [0.1, 0.15) is 6.42 Å². The topological polar surface area (TPSA) is 64.2 Å². The van der Waals surface area contributed by atoms with Gasteiger partial charge in [-0.1, -0.05) is 11.6 Å². The molecular formula is C12H15ClN4O. The van der Waals surface area contributed by atoms with Crippen LogP contribution in [0.2, 0.25) is 5.02 Å². The Morgan fingerprint density at radius 2 is 2.22 bits per heavy atom. The quantitative estimate of drug-likeness (QED) is 0.921. The molecule has 2 N–H and O–H groups in total. The van der Waals surface area contributed by atoms with Gasteiger partial charge in [-0.05, 0) is 18.2 Å². The van der Waals surface area contributed by atoms with E-state index in [0.29, 0.717) is 23.9 Å². The maximum atomic E-state index is 11.6. The Morgan fingerprint density at radius 1 is 1.50 bits per heavy atom. The molecule has 0 saturated heterocycles. The van der Waals surface area contributed by atoms with Crippen LogP contribution < -0.4 is 5.73 Å². The monoisotopic (exact) mass is 266 g/mol. The summed E-state index contributed by atoms with van der Waals surface area (Å²) in [5.41, 5.74) is 7.49. The number of nitrogens with zero attached hydrogens (tertiary/aromatic N) is 3. The minimum Gasteiger partial charge on any atom is -0.369 e. The second kappa shape index (κ2) is 4.86. The predicted molar refractivity (Wildman–Crippen MR) is 72.5 cm³/mol. The first kappa shape index (κ1) is 12.7. The Labute approximate surface area is 110 Å². The molecule has 0 bridgehead atoms. The van der Waals surface area contributed by atoms with Crippen molar-refractivity contribution in [1.29, 1.82) is 0 Å². The Morgan fingerprint density at radius 3 is 2.89 bits per heavy atom. The Hall–Kier alpha value is -1.75. The van der Waals surface area contributed by atoms with Crippen LogP contribution in [-0.4, -0.2) is 34.5 Å². The van der Waals surface area contributed by atoms with Gasteiger partial charge in [-0.2, -0.15) is 0 Å². The zero-order valence-electron chi connectivity index (χ0n) is 10.4. The molecule has 18 heavy (non-hydrogen) atoms. The van der Waals surface area contributed by atoms with Crippen LogP contribution in [0.25, 0.3) is 11.0 Å². The van der Waals surface area contributed by atoms with Crippen molar-refractivity contribution >= 4 is 34.5 Å². The zero-order valence-corrected chi connectivity index (χ0v) is 11.1. The number of aromatic nitrogens is 2. The van der Waals surface area contributed by atoms with Gasteiger partial charge in [0.05, 0.1) is 11.0 Å². The first-order valence-electron chi connectivity index (χ1n) is 5.60. The molecule has 0 spiro atoms. The van der Waals surface area contributed by atoms with Crippen molar-refractivity contribution < 1.29 is 4.79 Å². The Bertz CT molecular complexity index is 591. The molecule has 2 aromatic rings. The lowest BCUT2D eigenvalue weighted by Gasteiger charge is -2.11. The summed E-state index contributed by atoms with van der Waals surface area (Å²) in [6, 6.07) is 5.41. The van der Waals surface area contributed by atoms with Crippen molar-refractivity contribution in [1.82, 2.24) is 14.5 Å². The number of hydrogen-bond donors (Lipinski definition) is 1. The molecule has 0 atom stereocenters. The van der Waals surface area contributed by atoms with E-state index in [4.69, 9.17) is 17.3 Å². The molecule has 1 amide bonds. The smallest absolute Gasteiger partial charge is 0.223 e. The fourth-order valence-electron chi connectivity index (χ4n) is 1.79. The van der Waals surface area contributed by atoms with Gasteiger partial charge in [0.15, 0.2) is 0 Å². The number of rotatable bonds is 3. The van der Waals surface area contributed by atoms with Gasteiger partial charge < -0.3 is 15.2 Å². The number of amides is 1. The Kier molecular flexibility index (Phi) is 3.43. The molecule has 0 aliphatic rings. The standard InChI is InChI=1S/C12H15ClN4O/c1-16(2)11(18)5-6-17-10-4-3-8(13)7-9(10)15-12(17)14/h3-4,7H,5-6H2,1-2H3,(H2,14,15). The zero-order chi connectivity index (χ0) is 13.3.